The van der Waals surface area contributed by atoms with Crippen molar-refractivity contribution >= 4 is 33.3 Å². The molecule has 1 aromatic heterocycles. The summed E-state index contributed by atoms with van der Waals surface area (Å²) in [5.41, 5.74) is 2.14. The molecule has 2 aromatic carbocycles. The van der Waals surface area contributed by atoms with E-state index in [4.69, 9.17) is 0 Å². The molecule has 0 saturated carbocycles. The molecule has 0 spiro atoms. The third kappa shape index (κ3) is 7.06. The van der Waals surface area contributed by atoms with E-state index in [9.17, 15) is 18.3 Å². The standard InChI is InChI=1S/C27H34N6O4S/c1-27(2,3)31-38(36,37)22-7-5-6-19(16-22)17-24-23(25(34)35)18-28-26(30-24)29-20-8-10-21(11-9-20)33-14-12-32(4)13-15-33/h5-11,16,18,31H,12-15,17H2,1-4H3,(H,34,35)(H,28,29,30). The highest BCUT2D eigenvalue weighted by atomic mass is 32.2. The summed E-state index contributed by atoms with van der Waals surface area (Å²) >= 11 is 0. The van der Waals surface area contributed by atoms with E-state index >= 15 is 0 Å². The fourth-order valence-corrected chi connectivity index (χ4v) is 5.71. The van der Waals surface area contributed by atoms with Crippen molar-refractivity contribution in [2.45, 2.75) is 37.6 Å². The van der Waals surface area contributed by atoms with Crippen LogP contribution in [0, 0.1) is 0 Å². The number of carbonyl (C=O) groups is 1. The van der Waals surface area contributed by atoms with E-state index in [0.29, 0.717) is 5.56 Å². The van der Waals surface area contributed by atoms with Crippen LogP contribution in [0.15, 0.2) is 59.6 Å². The minimum Gasteiger partial charge on any atom is -0.478 e. The molecule has 1 aliphatic rings. The molecule has 0 aliphatic carbocycles. The molecule has 3 N–H and O–H groups in total. The van der Waals surface area contributed by atoms with Crippen LogP contribution >= 0.6 is 0 Å². The van der Waals surface area contributed by atoms with Gasteiger partial charge in [-0.3, -0.25) is 0 Å². The Labute approximate surface area is 223 Å². The van der Waals surface area contributed by atoms with Gasteiger partial charge in [0, 0.05) is 55.7 Å². The van der Waals surface area contributed by atoms with Crippen LogP contribution in [0.5, 0.6) is 0 Å². The number of likely N-dealkylation sites (N-methyl/N-ethyl adjacent to an activating group) is 1. The molecule has 38 heavy (non-hydrogen) atoms. The predicted octanol–water partition coefficient (Wildman–Crippen LogP) is 3.34. The zero-order valence-electron chi connectivity index (χ0n) is 22.1. The monoisotopic (exact) mass is 538 g/mol. The molecule has 0 atom stereocenters. The first-order chi connectivity index (χ1) is 17.9. The maximum atomic E-state index is 12.8. The highest BCUT2D eigenvalue weighted by molar-refractivity contribution is 7.89. The number of hydrogen-bond donors (Lipinski definition) is 3. The molecule has 202 valence electrons. The molecule has 0 radical (unpaired) electrons. The van der Waals surface area contributed by atoms with Crippen molar-refractivity contribution in [2.24, 2.45) is 0 Å². The Balaban J connectivity index is 1.53. The van der Waals surface area contributed by atoms with Gasteiger partial charge < -0.3 is 20.2 Å². The number of hydrogen-bond acceptors (Lipinski definition) is 8. The Morgan fingerprint density at radius 1 is 1.05 bits per heavy atom. The van der Waals surface area contributed by atoms with Crippen LogP contribution in [-0.4, -0.2) is 73.1 Å². The van der Waals surface area contributed by atoms with Crippen LogP contribution in [0.2, 0.25) is 0 Å². The number of nitrogens with zero attached hydrogens (tertiary/aromatic N) is 4. The number of sulfonamides is 1. The quantitative estimate of drug-likeness (QED) is 0.396. The topological polar surface area (TPSA) is 128 Å². The summed E-state index contributed by atoms with van der Waals surface area (Å²) in [7, 11) is -1.62. The van der Waals surface area contributed by atoms with E-state index in [2.05, 4.69) is 36.9 Å². The molecule has 0 amide bonds. The minimum absolute atomic E-state index is 0.0398. The van der Waals surface area contributed by atoms with E-state index in [1.807, 2.05) is 24.3 Å². The number of carboxylic acids is 1. The van der Waals surface area contributed by atoms with Crippen molar-refractivity contribution in [2.75, 3.05) is 43.4 Å². The molecule has 1 aliphatic heterocycles. The van der Waals surface area contributed by atoms with Gasteiger partial charge in [-0.1, -0.05) is 12.1 Å². The van der Waals surface area contributed by atoms with Crippen LogP contribution in [0.25, 0.3) is 0 Å². The average molecular weight is 539 g/mol. The van der Waals surface area contributed by atoms with Gasteiger partial charge in [-0.25, -0.2) is 27.9 Å². The lowest BCUT2D eigenvalue weighted by molar-refractivity contribution is 0.0695. The number of aromatic carboxylic acids is 1. The number of anilines is 3. The summed E-state index contributed by atoms with van der Waals surface area (Å²) in [6.45, 7) is 9.29. The summed E-state index contributed by atoms with van der Waals surface area (Å²) in [6, 6.07) is 14.4. The first-order valence-corrected chi connectivity index (χ1v) is 13.9. The fraction of sp³-hybridized carbons (Fsp3) is 0.370. The number of rotatable bonds is 8. The van der Waals surface area contributed by atoms with Gasteiger partial charge in [0.15, 0.2) is 0 Å². The number of aromatic nitrogens is 2. The highest BCUT2D eigenvalue weighted by Gasteiger charge is 2.23. The van der Waals surface area contributed by atoms with Crippen molar-refractivity contribution in [3.8, 4) is 0 Å². The van der Waals surface area contributed by atoms with Crippen molar-refractivity contribution in [3.63, 3.8) is 0 Å². The SMILES string of the molecule is CN1CCN(c2ccc(Nc3ncc(C(=O)O)c(Cc4cccc(S(=O)(=O)NC(C)(C)C)c4)n3)cc2)CC1. The van der Waals surface area contributed by atoms with Gasteiger partial charge in [0.2, 0.25) is 16.0 Å². The molecule has 10 nitrogen and oxygen atoms in total. The van der Waals surface area contributed by atoms with Crippen LogP contribution in [-0.2, 0) is 16.4 Å². The lowest BCUT2D eigenvalue weighted by Gasteiger charge is -2.34. The summed E-state index contributed by atoms with van der Waals surface area (Å²) in [6.07, 6.45) is 1.40. The van der Waals surface area contributed by atoms with Crippen molar-refractivity contribution < 1.29 is 18.3 Å². The fourth-order valence-electron chi connectivity index (χ4n) is 4.22. The van der Waals surface area contributed by atoms with Gasteiger partial charge in [0.05, 0.1) is 16.2 Å². The molecular weight excluding hydrogens is 504 g/mol. The van der Waals surface area contributed by atoms with E-state index < -0.39 is 21.5 Å². The van der Waals surface area contributed by atoms with Gasteiger partial charge >= 0.3 is 5.97 Å². The van der Waals surface area contributed by atoms with Gasteiger partial charge in [-0.15, -0.1) is 0 Å². The molecule has 0 bridgehead atoms. The van der Waals surface area contributed by atoms with Gasteiger partial charge in [0.1, 0.15) is 0 Å². The number of benzene rings is 2. The zero-order chi connectivity index (χ0) is 27.5. The highest BCUT2D eigenvalue weighted by Crippen LogP contribution is 2.23. The van der Waals surface area contributed by atoms with Gasteiger partial charge in [-0.05, 0) is 69.8 Å². The third-order valence-corrected chi connectivity index (χ3v) is 7.87. The first-order valence-electron chi connectivity index (χ1n) is 12.4. The first kappa shape index (κ1) is 27.5. The smallest absolute Gasteiger partial charge is 0.339 e. The van der Waals surface area contributed by atoms with Crippen molar-refractivity contribution in [3.05, 3.63) is 71.5 Å². The van der Waals surface area contributed by atoms with E-state index in [0.717, 1.165) is 37.6 Å². The van der Waals surface area contributed by atoms with Crippen molar-refractivity contribution in [1.82, 2.24) is 19.6 Å². The second-order valence-corrected chi connectivity index (χ2v) is 12.2. The van der Waals surface area contributed by atoms with Crippen LogP contribution in [0.1, 0.15) is 42.4 Å². The summed E-state index contributed by atoms with van der Waals surface area (Å²) < 4.78 is 28.2. The normalized spacial score (nSPS) is 14.9. The van der Waals surface area contributed by atoms with Crippen LogP contribution in [0.3, 0.4) is 0 Å². The van der Waals surface area contributed by atoms with Gasteiger partial charge in [-0.2, -0.15) is 0 Å². The molecule has 2 heterocycles. The summed E-state index contributed by atoms with van der Waals surface area (Å²) in [5.74, 6) is -0.892. The molecule has 4 rings (SSSR count). The molecular formula is C27H34N6O4S. The Bertz CT molecular complexity index is 1400. The molecule has 3 aromatic rings. The molecule has 1 saturated heterocycles. The second-order valence-electron chi connectivity index (χ2n) is 10.5. The molecule has 1 fully saturated rings. The lowest BCUT2D eigenvalue weighted by atomic mass is 10.1. The summed E-state index contributed by atoms with van der Waals surface area (Å²) in [5, 5.41) is 12.8. The minimum atomic E-state index is -3.74. The molecule has 0 unspecified atom stereocenters. The number of piperazine rings is 1. The Morgan fingerprint density at radius 3 is 2.37 bits per heavy atom. The maximum Gasteiger partial charge on any atom is 0.339 e. The van der Waals surface area contributed by atoms with Crippen LogP contribution in [0.4, 0.5) is 17.3 Å². The lowest BCUT2D eigenvalue weighted by Crippen LogP contribution is -2.44. The van der Waals surface area contributed by atoms with E-state index in [1.54, 1.807) is 32.9 Å². The van der Waals surface area contributed by atoms with E-state index in [1.165, 1.54) is 18.3 Å². The van der Waals surface area contributed by atoms with E-state index in [-0.39, 0.29) is 28.5 Å². The zero-order valence-corrected chi connectivity index (χ0v) is 22.9. The van der Waals surface area contributed by atoms with Gasteiger partial charge in [0.25, 0.3) is 0 Å². The maximum absolute atomic E-state index is 12.8. The average Bonchev–Trinajstić information content (AvgIpc) is 2.84. The number of carboxylic acid groups (broad SMARTS) is 1. The largest absolute Gasteiger partial charge is 0.478 e. The predicted molar refractivity (Wildman–Crippen MR) is 148 cm³/mol. The number of nitrogens with one attached hydrogen (secondary N) is 2. The Morgan fingerprint density at radius 2 is 1.74 bits per heavy atom. The molecule has 11 heteroatoms. The second kappa shape index (κ2) is 11.1. The van der Waals surface area contributed by atoms with Crippen LogP contribution < -0.4 is 14.9 Å². The van der Waals surface area contributed by atoms with Crippen molar-refractivity contribution in [1.29, 1.82) is 0 Å². The Kier molecular flexibility index (Phi) is 8.00. The summed E-state index contributed by atoms with van der Waals surface area (Å²) in [4.78, 5) is 25.3. The third-order valence-electron chi connectivity index (χ3n) is 6.11. The Hall–Kier alpha value is -3.54.